The molecule has 0 radical (unpaired) electrons. The van der Waals surface area contributed by atoms with Crippen molar-refractivity contribution in [2.45, 2.75) is 45.3 Å². The number of hydrogen-bond acceptors (Lipinski definition) is 8. The Bertz CT molecular complexity index is 668. The molecule has 9 heteroatoms. The zero-order valence-corrected chi connectivity index (χ0v) is 15.5. The number of carbonyl (C=O) groups excluding carboxylic acids is 4. The van der Waals surface area contributed by atoms with Crippen LogP contribution in [-0.2, 0) is 19.0 Å². The fourth-order valence-electron chi connectivity index (χ4n) is 1.90. The molecule has 1 aromatic rings. The minimum Gasteiger partial charge on any atom is -0.444 e. The van der Waals surface area contributed by atoms with E-state index in [1.54, 1.807) is 39.0 Å². The molecule has 1 rings (SSSR count). The summed E-state index contributed by atoms with van der Waals surface area (Å²) in [5, 5.41) is 2.31. The van der Waals surface area contributed by atoms with Gasteiger partial charge >= 0.3 is 24.2 Å². The number of nitrogens with two attached hydrogens (primary N) is 1. The highest BCUT2D eigenvalue weighted by molar-refractivity contribution is 5.98. The first-order chi connectivity index (χ1) is 12.6. The molecule has 0 saturated carbocycles. The molecule has 0 unspecified atom stereocenters. The molecule has 1 amide bonds. The van der Waals surface area contributed by atoms with Crippen molar-refractivity contribution in [3.05, 3.63) is 35.9 Å². The third kappa shape index (κ3) is 8.82. The maximum atomic E-state index is 12.1. The zero-order chi connectivity index (χ0) is 20.4. The third-order valence-corrected chi connectivity index (χ3v) is 3.04. The lowest BCUT2D eigenvalue weighted by Gasteiger charge is -2.22. The Morgan fingerprint density at radius 1 is 1.07 bits per heavy atom. The van der Waals surface area contributed by atoms with Crippen LogP contribution in [0.15, 0.2) is 30.3 Å². The lowest BCUT2D eigenvalue weighted by Crippen LogP contribution is -2.45. The highest BCUT2D eigenvalue weighted by atomic mass is 16.8. The van der Waals surface area contributed by atoms with Gasteiger partial charge in [-0.25, -0.2) is 19.2 Å². The SMILES string of the molecule is CC(C)(C)OC(=O)N[C@@H](CCCN)C(=O)OC(=O)OC(=O)c1ccccc1. The van der Waals surface area contributed by atoms with Crippen molar-refractivity contribution >= 4 is 24.2 Å². The molecule has 0 fully saturated rings. The number of nitrogens with one attached hydrogen (secondary N) is 1. The number of alkyl carbamates (subject to hydrolysis) is 1. The average Bonchev–Trinajstić information content (AvgIpc) is 2.57. The Morgan fingerprint density at radius 3 is 2.26 bits per heavy atom. The summed E-state index contributed by atoms with van der Waals surface area (Å²) in [6.07, 6.45) is -1.84. The molecule has 0 saturated heterocycles. The van der Waals surface area contributed by atoms with Gasteiger partial charge in [-0.2, -0.15) is 0 Å². The van der Waals surface area contributed by atoms with Gasteiger partial charge in [-0.3, -0.25) is 0 Å². The van der Waals surface area contributed by atoms with Gasteiger partial charge in [0.05, 0.1) is 5.56 Å². The predicted molar refractivity (Wildman–Crippen MR) is 94.8 cm³/mol. The lowest BCUT2D eigenvalue weighted by atomic mass is 10.1. The molecule has 0 aromatic heterocycles. The number of esters is 2. The van der Waals surface area contributed by atoms with Gasteiger partial charge in [0.2, 0.25) is 0 Å². The summed E-state index contributed by atoms with van der Waals surface area (Å²) in [5.74, 6) is -2.05. The van der Waals surface area contributed by atoms with Crippen LogP contribution in [0.5, 0.6) is 0 Å². The van der Waals surface area contributed by atoms with Crippen molar-refractivity contribution in [3.8, 4) is 0 Å². The van der Waals surface area contributed by atoms with Crippen molar-refractivity contribution in [2.75, 3.05) is 6.54 Å². The van der Waals surface area contributed by atoms with Gasteiger partial charge in [-0.05, 0) is 52.3 Å². The Morgan fingerprint density at radius 2 is 1.70 bits per heavy atom. The monoisotopic (exact) mass is 380 g/mol. The largest absolute Gasteiger partial charge is 0.524 e. The van der Waals surface area contributed by atoms with Crippen LogP contribution in [0.1, 0.15) is 44.0 Å². The first-order valence-electron chi connectivity index (χ1n) is 8.35. The molecule has 27 heavy (non-hydrogen) atoms. The highest BCUT2D eigenvalue weighted by Gasteiger charge is 2.28. The first kappa shape index (κ1) is 22.1. The number of amides is 1. The average molecular weight is 380 g/mol. The summed E-state index contributed by atoms with van der Waals surface area (Å²) < 4.78 is 14.0. The van der Waals surface area contributed by atoms with E-state index in [9.17, 15) is 19.2 Å². The fraction of sp³-hybridized carbons (Fsp3) is 0.444. The molecule has 0 aliphatic rings. The van der Waals surface area contributed by atoms with Gasteiger partial charge in [-0.1, -0.05) is 18.2 Å². The van der Waals surface area contributed by atoms with Crippen molar-refractivity contribution < 1.29 is 33.4 Å². The molecular formula is C18H24N2O7. The van der Waals surface area contributed by atoms with Crippen LogP contribution in [0.25, 0.3) is 0 Å². The Labute approximate surface area is 157 Å². The van der Waals surface area contributed by atoms with E-state index in [-0.39, 0.29) is 18.5 Å². The van der Waals surface area contributed by atoms with Gasteiger partial charge in [0, 0.05) is 0 Å². The molecule has 0 aliphatic heterocycles. The second kappa shape index (κ2) is 10.3. The molecular weight excluding hydrogens is 356 g/mol. The second-order valence-corrected chi connectivity index (χ2v) is 6.56. The summed E-state index contributed by atoms with van der Waals surface area (Å²) in [4.78, 5) is 47.4. The number of benzene rings is 1. The van der Waals surface area contributed by atoms with Crippen molar-refractivity contribution in [3.63, 3.8) is 0 Å². The van der Waals surface area contributed by atoms with Crippen LogP contribution >= 0.6 is 0 Å². The van der Waals surface area contributed by atoms with Crippen LogP contribution in [0.2, 0.25) is 0 Å². The Kier molecular flexibility index (Phi) is 8.40. The molecule has 0 aliphatic carbocycles. The summed E-state index contributed by atoms with van der Waals surface area (Å²) in [7, 11) is 0. The van der Waals surface area contributed by atoms with Gasteiger partial charge in [0.25, 0.3) is 0 Å². The molecule has 0 bridgehead atoms. The van der Waals surface area contributed by atoms with E-state index in [1.807, 2.05) is 0 Å². The summed E-state index contributed by atoms with van der Waals surface area (Å²) in [5.41, 5.74) is 4.76. The van der Waals surface area contributed by atoms with E-state index in [4.69, 9.17) is 10.5 Å². The van der Waals surface area contributed by atoms with Gasteiger partial charge < -0.3 is 25.3 Å². The number of rotatable bonds is 6. The molecule has 9 nitrogen and oxygen atoms in total. The maximum absolute atomic E-state index is 12.1. The minimum absolute atomic E-state index is 0.119. The summed E-state index contributed by atoms with van der Waals surface area (Å²) in [6, 6.07) is 6.55. The van der Waals surface area contributed by atoms with E-state index < -0.39 is 35.8 Å². The van der Waals surface area contributed by atoms with Gasteiger partial charge in [-0.15, -0.1) is 0 Å². The van der Waals surface area contributed by atoms with Crippen molar-refractivity contribution in [1.29, 1.82) is 0 Å². The summed E-state index contributed by atoms with van der Waals surface area (Å²) >= 11 is 0. The second-order valence-electron chi connectivity index (χ2n) is 6.56. The maximum Gasteiger partial charge on any atom is 0.524 e. The smallest absolute Gasteiger partial charge is 0.444 e. The standard InChI is InChI=1S/C18H24N2O7/c1-18(2,3)27-16(23)20-13(10-7-11-19)15(22)26-17(24)25-14(21)12-8-5-4-6-9-12/h4-6,8-9,13H,7,10-11,19H2,1-3H3,(H,20,23)/t13-/m0/s1. The molecule has 148 valence electrons. The third-order valence-electron chi connectivity index (χ3n) is 3.04. The number of ether oxygens (including phenoxy) is 3. The predicted octanol–water partition coefficient (Wildman–Crippen LogP) is 2.14. The lowest BCUT2D eigenvalue weighted by molar-refractivity contribution is -0.141. The fourth-order valence-corrected chi connectivity index (χ4v) is 1.90. The number of hydrogen-bond donors (Lipinski definition) is 2. The van der Waals surface area contributed by atoms with Gasteiger partial charge in [0.15, 0.2) is 0 Å². The molecule has 3 N–H and O–H groups in total. The van der Waals surface area contributed by atoms with Crippen LogP contribution in [0.3, 0.4) is 0 Å². The quantitative estimate of drug-likeness (QED) is 0.566. The minimum atomic E-state index is -1.49. The van der Waals surface area contributed by atoms with Crippen LogP contribution < -0.4 is 11.1 Å². The Balaban J connectivity index is 2.65. The Hall–Kier alpha value is -2.94. The van der Waals surface area contributed by atoms with E-state index in [0.717, 1.165) is 0 Å². The van der Waals surface area contributed by atoms with E-state index >= 15 is 0 Å². The highest BCUT2D eigenvalue weighted by Crippen LogP contribution is 2.09. The topological polar surface area (TPSA) is 134 Å². The van der Waals surface area contributed by atoms with Crippen molar-refractivity contribution in [1.82, 2.24) is 5.32 Å². The number of carbonyl (C=O) groups is 4. The van der Waals surface area contributed by atoms with Gasteiger partial charge in [0.1, 0.15) is 11.6 Å². The first-order valence-corrected chi connectivity index (χ1v) is 8.35. The zero-order valence-electron chi connectivity index (χ0n) is 15.5. The van der Waals surface area contributed by atoms with E-state index in [1.165, 1.54) is 12.1 Å². The molecule has 0 spiro atoms. The van der Waals surface area contributed by atoms with E-state index in [2.05, 4.69) is 14.8 Å². The van der Waals surface area contributed by atoms with Crippen LogP contribution in [0.4, 0.5) is 9.59 Å². The van der Waals surface area contributed by atoms with Crippen LogP contribution in [0, 0.1) is 0 Å². The normalized spacial score (nSPS) is 11.9. The molecule has 1 atom stereocenters. The van der Waals surface area contributed by atoms with Crippen LogP contribution in [-0.4, -0.2) is 42.4 Å². The van der Waals surface area contributed by atoms with Crippen molar-refractivity contribution in [2.24, 2.45) is 5.73 Å². The van der Waals surface area contributed by atoms with E-state index in [0.29, 0.717) is 6.42 Å². The molecule has 1 aromatic carbocycles. The summed E-state index contributed by atoms with van der Waals surface area (Å²) in [6.45, 7) is 5.24. The molecule has 0 heterocycles.